The predicted octanol–water partition coefficient (Wildman–Crippen LogP) is 1.82. The lowest BCUT2D eigenvalue weighted by Gasteiger charge is -2.10. The van der Waals surface area contributed by atoms with Crippen molar-refractivity contribution in [3.05, 3.63) is 23.7 Å². The van der Waals surface area contributed by atoms with E-state index in [2.05, 4.69) is 12.2 Å². The molecule has 1 aromatic heterocycles. The number of carboxylic acids is 1. The van der Waals surface area contributed by atoms with Gasteiger partial charge in [0.25, 0.3) is 0 Å². The van der Waals surface area contributed by atoms with Gasteiger partial charge < -0.3 is 14.8 Å². The number of carbonyl (C=O) groups is 1. The SMILES string of the molecule is CSCC(C)NCc1cc(C(=O)O)co1. The summed E-state index contributed by atoms with van der Waals surface area (Å²) in [5, 5.41) is 11.9. The molecule has 0 fully saturated rings. The van der Waals surface area contributed by atoms with E-state index >= 15 is 0 Å². The highest BCUT2D eigenvalue weighted by Crippen LogP contribution is 2.08. The van der Waals surface area contributed by atoms with Crippen LogP contribution in [0.2, 0.25) is 0 Å². The molecule has 2 N–H and O–H groups in total. The Morgan fingerprint density at radius 1 is 1.73 bits per heavy atom. The number of carboxylic acid groups (broad SMARTS) is 1. The number of aromatic carboxylic acids is 1. The smallest absolute Gasteiger partial charge is 0.338 e. The summed E-state index contributed by atoms with van der Waals surface area (Å²) in [6, 6.07) is 1.93. The molecule has 0 aromatic carbocycles. The Morgan fingerprint density at radius 2 is 2.47 bits per heavy atom. The average Bonchev–Trinajstić information content (AvgIpc) is 2.63. The van der Waals surface area contributed by atoms with Crippen LogP contribution in [0.1, 0.15) is 23.0 Å². The second kappa shape index (κ2) is 5.82. The highest BCUT2D eigenvalue weighted by molar-refractivity contribution is 7.98. The second-order valence-corrected chi connectivity index (χ2v) is 4.25. The molecule has 0 radical (unpaired) electrons. The molecule has 0 saturated carbocycles. The Kier molecular flexibility index (Phi) is 4.71. The number of furan rings is 1. The van der Waals surface area contributed by atoms with Crippen LogP contribution in [-0.2, 0) is 6.54 Å². The molecule has 1 atom stereocenters. The van der Waals surface area contributed by atoms with Gasteiger partial charge in [-0.15, -0.1) is 0 Å². The van der Waals surface area contributed by atoms with Crippen molar-refractivity contribution in [2.45, 2.75) is 19.5 Å². The van der Waals surface area contributed by atoms with E-state index in [1.807, 2.05) is 6.26 Å². The first-order valence-corrected chi connectivity index (χ1v) is 6.06. The van der Waals surface area contributed by atoms with E-state index in [0.29, 0.717) is 18.3 Å². The summed E-state index contributed by atoms with van der Waals surface area (Å²) < 4.78 is 5.10. The fraction of sp³-hybridized carbons (Fsp3) is 0.500. The van der Waals surface area contributed by atoms with Crippen molar-refractivity contribution in [1.29, 1.82) is 0 Å². The molecule has 4 nitrogen and oxygen atoms in total. The summed E-state index contributed by atoms with van der Waals surface area (Å²) in [4.78, 5) is 10.6. The van der Waals surface area contributed by atoms with Crippen LogP contribution in [0.15, 0.2) is 16.7 Å². The van der Waals surface area contributed by atoms with Crippen LogP contribution >= 0.6 is 11.8 Å². The van der Waals surface area contributed by atoms with Crippen LogP contribution in [0.3, 0.4) is 0 Å². The van der Waals surface area contributed by atoms with Gasteiger partial charge in [-0.1, -0.05) is 0 Å². The molecule has 0 bridgehead atoms. The van der Waals surface area contributed by atoms with Crippen molar-refractivity contribution in [2.75, 3.05) is 12.0 Å². The molecule has 0 aliphatic carbocycles. The highest BCUT2D eigenvalue weighted by Gasteiger charge is 2.08. The maximum absolute atomic E-state index is 10.6. The third kappa shape index (κ3) is 3.97. The first-order chi connectivity index (χ1) is 7.13. The summed E-state index contributed by atoms with van der Waals surface area (Å²) in [5.74, 6) is 0.717. The van der Waals surface area contributed by atoms with Crippen LogP contribution in [0.25, 0.3) is 0 Å². The molecule has 0 aliphatic rings. The van der Waals surface area contributed by atoms with E-state index in [1.165, 1.54) is 6.26 Å². The lowest BCUT2D eigenvalue weighted by Crippen LogP contribution is -2.27. The van der Waals surface area contributed by atoms with Crippen LogP contribution in [0.4, 0.5) is 0 Å². The largest absolute Gasteiger partial charge is 0.478 e. The third-order valence-corrected chi connectivity index (χ3v) is 2.78. The standard InChI is InChI=1S/C10H15NO3S/c1-7(6-15-2)11-4-9-3-8(5-14-9)10(12)13/h3,5,7,11H,4,6H2,1-2H3,(H,12,13). The van der Waals surface area contributed by atoms with E-state index < -0.39 is 5.97 Å². The first-order valence-electron chi connectivity index (χ1n) is 4.66. The molecule has 84 valence electrons. The normalized spacial score (nSPS) is 12.7. The van der Waals surface area contributed by atoms with Crippen molar-refractivity contribution in [1.82, 2.24) is 5.32 Å². The summed E-state index contributed by atoms with van der Waals surface area (Å²) in [6.07, 6.45) is 3.31. The van der Waals surface area contributed by atoms with Crippen LogP contribution in [-0.4, -0.2) is 29.1 Å². The van der Waals surface area contributed by atoms with Gasteiger partial charge in [0.05, 0.1) is 12.1 Å². The van der Waals surface area contributed by atoms with Crippen LogP contribution in [0, 0.1) is 0 Å². The summed E-state index contributed by atoms with van der Waals surface area (Å²) >= 11 is 1.77. The van der Waals surface area contributed by atoms with Gasteiger partial charge in [-0.3, -0.25) is 0 Å². The van der Waals surface area contributed by atoms with E-state index in [9.17, 15) is 4.79 Å². The van der Waals surface area contributed by atoms with Crippen molar-refractivity contribution in [3.63, 3.8) is 0 Å². The monoisotopic (exact) mass is 229 g/mol. The van der Waals surface area contributed by atoms with Gasteiger partial charge in [0.2, 0.25) is 0 Å². The minimum atomic E-state index is -0.956. The molecule has 1 unspecified atom stereocenters. The number of hydrogen-bond acceptors (Lipinski definition) is 4. The van der Waals surface area contributed by atoms with Crippen molar-refractivity contribution >= 4 is 17.7 Å². The fourth-order valence-corrected chi connectivity index (χ4v) is 1.79. The summed E-state index contributed by atoms with van der Waals surface area (Å²) in [7, 11) is 0. The van der Waals surface area contributed by atoms with Gasteiger partial charge in [0.15, 0.2) is 0 Å². The maximum Gasteiger partial charge on any atom is 0.338 e. The topological polar surface area (TPSA) is 62.5 Å². The molecule has 0 aliphatic heterocycles. The molecule has 1 heterocycles. The zero-order chi connectivity index (χ0) is 11.3. The van der Waals surface area contributed by atoms with E-state index in [4.69, 9.17) is 9.52 Å². The lowest BCUT2D eigenvalue weighted by atomic mass is 10.3. The van der Waals surface area contributed by atoms with Gasteiger partial charge in [-0.05, 0) is 19.2 Å². The Balaban J connectivity index is 2.40. The Hall–Kier alpha value is -0.940. The maximum atomic E-state index is 10.6. The molecule has 0 amide bonds. The van der Waals surface area contributed by atoms with Gasteiger partial charge in [0, 0.05) is 11.8 Å². The van der Waals surface area contributed by atoms with E-state index in [0.717, 1.165) is 5.75 Å². The van der Waals surface area contributed by atoms with Crippen molar-refractivity contribution < 1.29 is 14.3 Å². The lowest BCUT2D eigenvalue weighted by molar-refractivity contribution is 0.0696. The average molecular weight is 229 g/mol. The first kappa shape index (κ1) is 12.1. The molecular formula is C10H15NO3S. The molecular weight excluding hydrogens is 214 g/mol. The molecule has 0 spiro atoms. The molecule has 15 heavy (non-hydrogen) atoms. The zero-order valence-electron chi connectivity index (χ0n) is 8.82. The zero-order valence-corrected chi connectivity index (χ0v) is 9.63. The van der Waals surface area contributed by atoms with Gasteiger partial charge in [-0.2, -0.15) is 11.8 Å². The molecule has 1 rings (SSSR count). The summed E-state index contributed by atoms with van der Waals surface area (Å²) in [5.41, 5.74) is 0.198. The third-order valence-electron chi connectivity index (χ3n) is 1.94. The van der Waals surface area contributed by atoms with Gasteiger partial charge in [-0.25, -0.2) is 4.79 Å². The quantitative estimate of drug-likeness (QED) is 0.779. The van der Waals surface area contributed by atoms with E-state index in [-0.39, 0.29) is 5.56 Å². The number of rotatable bonds is 6. The predicted molar refractivity (Wildman–Crippen MR) is 60.4 cm³/mol. The van der Waals surface area contributed by atoms with E-state index in [1.54, 1.807) is 17.8 Å². The van der Waals surface area contributed by atoms with Crippen molar-refractivity contribution in [2.24, 2.45) is 0 Å². The highest BCUT2D eigenvalue weighted by atomic mass is 32.2. The minimum absolute atomic E-state index is 0.198. The fourth-order valence-electron chi connectivity index (χ4n) is 1.17. The van der Waals surface area contributed by atoms with Gasteiger partial charge in [0.1, 0.15) is 12.0 Å². The Bertz CT molecular complexity index is 324. The van der Waals surface area contributed by atoms with Crippen molar-refractivity contribution in [3.8, 4) is 0 Å². The molecule has 5 heteroatoms. The number of hydrogen-bond donors (Lipinski definition) is 2. The minimum Gasteiger partial charge on any atom is -0.478 e. The second-order valence-electron chi connectivity index (χ2n) is 3.34. The number of nitrogens with one attached hydrogen (secondary N) is 1. The Morgan fingerprint density at radius 3 is 3.00 bits per heavy atom. The molecule has 1 aromatic rings. The van der Waals surface area contributed by atoms with Gasteiger partial charge >= 0.3 is 5.97 Å². The van der Waals surface area contributed by atoms with Crippen LogP contribution < -0.4 is 5.32 Å². The summed E-state index contributed by atoms with van der Waals surface area (Å²) in [6.45, 7) is 2.65. The number of thioether (sulfide) groups is 1. The van der Waals surface area contributed by atoms with Crippen LogP contribution in [0.5, 0.6) is 0 Å². The molecule has 0 saturated heterocycles. The Labute approximate surface area is 93.0 Å².